The maximum atomic E-state index is 12.1. The fraction of sp³-hybridized carbons (Fsp3) is 0.125. The molecule has 0 bridgehead atoms. The van der Waals surface area contributed by atoms with Gasteiger partial charge in [0.05, 0.1) is 17.7 Å². The second-order valence-corrected chi connectivity index (χ2v) is 4.66. The number of hydrogen-bond acceptors (Lipinski definition) is 3. The average Bonchev–Trinajstić information content (AvgIpc) is 2.49. The first-order valence-electron chi connectivity index (χ1n) is 6.68. The van der Waals surface area contributed by atoms with E-state index in [0.29, 0.717) is 11.3 Å². The van der Waals surface area contributed by atoms with E-state index in [0.717, 1.165) is 0 Å². The molecule has 23 heavy (non-hydrogen) atoms. The van der Waals surface area contributed by atoms with Crippen LogP contribution in [-0.4, -0.2) is 18.4 Å². The standard InChI is InChI=1S/C16H14F2N2O3/c17-16(18)23-11-7-5-10(6-8-11)9-14(21)20-13-4-2-1-3-12(13)15(19)22/h1-8,16H,9H2,(H2,19,22)(H,20,21). The van der Waals surface area contributed by atoms with Crippen molar-refractivity contribution in [3.63, 3.8) is 0 Å². The van der Waals surface area contributed by atoms with Gasteiger partial charge in [-0.1, -0.05) is 24.3 Å². The van der Waals surface area contributed by atoms with Crippen molar-refractivity contribution >= 4 is 17.5 Å². The Bertz CT molecular complexity index is 703. The number of alkyl halides is 2. The van der Waals surface area contributed by atoms with E-state index in [9.17, 15) is 18.4 Å². The summed E-state index contributed by atoms with van der Waals surface area (Å²) >= 11 is 0. The number of amides is 2. The smallest absolute Gasteiger partial charge is 0.387 e. The van der Waals surface area contributed by atoms with Gasteiger partial charge in [0.25, 0.3) is 5.91 Å². The molecule has 0 fully saturated rings. The van der Waals surface area contributed by atoms with Crippen LogP contribution in [0.1, 0.15) is 15.9 Å². The summed E-state index contributed by atoms with van der Waals surface area (Å²) < 4.78 is 28.3. The highest BCUT2D eigenvalue weighted by Crippen LogP contribution is 2.17. The molecular weight excluding hydrogens is 306 g/mol. The fourth-order valence-corrected chi connectivity index (χ4v) is 1.98. The molecule has 0 radical (unpaired) electrons. The number of carbonyl (C=O) groups excluding carboxylic acids is 2. The minimum Gasteiger partial charge on any atom is -0.435 e. The van der Waals surface area contributed by atoms with Crippen LogP contribution >= 0.6 is 0 Å². The highest BCUT2D eigenvalue weighted by atomic mass is 19.3. The van der Waals surface area contributed by atoms with Gasteiger partial charge in [0.1, 0.15) is 5.75 Å². The Morgan fingerprint density at radius 3 is 2.35 bits per heavy atom. The molecule has 0 saturated carbocycles. The number of primary amides is 1. The van der Waals surface area contributed by atoms with E-state index in [4.69, 9.17) is 5.73 Å². The Morgan fingerprint density at radius 2 is 1.74 bits per heavy atom. The third-order valence-corrected chi connectivity index (χ3v) is 2.98. The molecule has 0 aliphatic heterocycles. The molecule has 0 saturated heterocycles. The van der Waals surface area contributed by atoms with E-state index in [1.54, 1.807) is 18.2 Å². The van der Waals surface area contributed by atoms with Gasteiger partial charge in [-0.3, -0.25) is 9.59 Å². The summed E-state index contributed by atoms with van der Waals surface area (Å²) in [7, 11) is 0. The lowest BCUT2D eigenvalue weighted by Gasteiger charge is -2.09. The molecule has 120 valence electrons. The number of anilines is 1. The quantitative estimate of drug-likeness (QED) is 0.858. The zero-order valence-corrected chi connectivity index (χ0v) is 12.0. The SMILES string of the molecule is NC(=O)c1ccccc1NC(=O)Cc1ccc(OC(F)F)cc1. The van der Waals surface area contributed by atoms with Crippen molar-refractivity contribution in [1.82, 2.24) is 0 Å². The third kappa shape index (κ3) is 4.77. The van der Waals surface area contributed by atoms with Crippen molar-refractivity contribution in [2.24, 2.45) is 5.73 Å². The summed E-state index contributed by atoms with van der Waals surface area (Å²) in [5.41, 5.74) is 6.38. The zero-order chi connectivity index (χ0) is 16.8. The lowest BCUT2D eigenvalue weighted by atomic mass is 10.1. The number of carbonyl (C=O) groups is 2. The summed E-state index contributed by atoms with van der Waals surface area (Å²) in [5, 5.41) is 2.60. The van der Waals surface area contributed by atoms with Crippen LogP contribution in [0.2, 0.25) is 0 Å². The molecule has 2 rings (SSSR count). The van der Waals surface area contributed by atoms with Crippen LogP contribution in [0.4, 0.5) is 14.5 Å². The number of para-hydroxylation sites is 1. The molecule has 0 aliphatic rings. The molecule has 5 nitrogen and oxygen atoms in total. The Hall–Kier alpha value is -2.96. The van der Waals surface area contributed by atoms with E-state index in [1.165, 1.54) is 30.3 Å². The van der Waals surface area contributed by atoms with Crippen LogP contribution in [0, 0.1) is 0 Å². The molecule has 0 aromatic heterocycles. The van der Waals surface area contributed by atoms with Crippen LogP contribution in [0.15, 0.2) is 48.5 Å². The Kier molecular flexibility index (Phi) is 5.24. The van der Waals surface area contributed by atoms with Crippen LogP contribution in [-0.2, 0) is 11.2 Å². The van der Waals surface area contributed by atoms with E-state index in [2.05, 4.69) is 10.1 Å². The number of nitrogens with two attached hydrogens (primary N) is 1. The van der Waals surface area contributed by atoms with Crippen LogP contribution in [0.5, 0.6) is 5.75 Å². The maximum absolute atomic E-state index is 12.1. The van der Waals surface area contributed by atoms with Gasteiger partial charge in [-0.25, -0.2) is 0 Å². The van der Waals surface area contributed by atoms with Crippen molar-refractivity contribution in [3.05, 3.63) is 59.7 Å². The number of hydrogen-bond donors (Lipinski definition) is 2. The van der Waals surface area contributed by atoms with Crippen molar-refractivity contribution < 1.29 is 23.1 Å². The molecule has 7 heteroatoms. The van der Waals surface area contributed by atoms with Gasteiger partial charge in [-0.2, -0.15) is 8.78 Å². The minimum absolute atomic E-state index is 0.0159. The van der Waals surface area contributed by atoms with Crippen molar-refractivity contribution in [2.45, 2.75) is 13.0 Å². The second kappa shape index (κ2) is 7.35. The van der Waals surface area contributed by atoms with E-state index in [1.807, 2.05) is 0 Å². The topological polar surface area (TPSA) is 81.4 Å². The third-order valence-electron chi connectivity index (χ3n) is 2.98. The molecule has 0 spiro atoms. The van der Waals surface area contributed by atoms with Gasteiger partial charge >= 0.3 is 6.61 Å². The highest BCUT2D eigenvalue weighted by Gasteiger charge is 2.11. The van der Waals surface area contributed by atoms with E-state index >= 15 is 0 Å². The Labute approximate surface area is 131 Å². The molecule has 2 aromatic carbocycles. The molecule has 0 aliphatic carbocycles. The normalized spacial score (nSPS) is 10.4. The summed E-state index contributed by atoms with van der Waals surface area (Å²) in [5.74, 6) is -0.987. The first-order chi connectivity index (χ1) is 11.0. The summed E-state index contributed by atoms with van der Waals surface area (Å²) in [6.45, 7) is -2.89. The predicted molar refractivity (Wildman–Crippen MR) is 80.4 cm³/mol. The highest BCUT2D eigenvalue weighted by molar-refractivity contribution is 6.03. The fourth-order valence-electron chi connectivity index (χ4n) is 1.98. The number of rotatable bonds is 6. The minimum atomic E-state index is -2.89. The van der Waals surface area contributed by atoms with Crippen LogP contribution in [0.25, 0.3) is 0 Å². The van der Waals surface area contributed by atoms with Crippen molar-refractivity contribution in [3.8, 4) is 5.75 Å². The van der Waals surface area contributed by atoms with Crippen LogP contribution < -0.4 is 15.8 Å². The molecule has 2 amide bonds. The van der Waals surface area contributed by atoms with Gasteiger partial charge in [-0.15, -0.1) is 0 Å². The first-order valence-corrected chi connectivity index (χ1v) is 6.68. The number of ether oxygens (including phenoxy) is 1. The lowest BCUT2D eigenvalue weighted by molar-refractivity contribution is -0.115. The zero-order valence-electron chi connectivity index (χ0n) is 12.0. The van der Waals surface area contributed by atoms with Crippen molar-refractivity contribution in [1.29, 1.82) is 0 Å². The molecule has 2 aromatic rings. The molecule has 3 N–H and O–H groups in total. The molecular formula is C16H14F2N2O3. The van der Waals surface area contributed by atoms with Gasteiger partial charge in [0.2, 0.25) is 5.91 Å². The number of halogens is 2. The molecule has 0 unspecified atom stereocenters. The first kappa shape index (κ1) is 16.4. The molecule has 0 heterocycles. The molecule has 0 atom stereocenters. The van der Waals surface area contributed by atoms with Gasteiger partial charge < -0.3 is 15.8 Å². The monoisotopic (exact) mass is 320 g/mol. The summed E-state index contributed by atoms with van der Waals surface area (Å²) in [6, 6.07) is 12.1. The van der Waals surface area contributed by atoms with Crippen molar-refractivity contribution in [2.75, 3.05) is 5.32 Å². The maximum Gasteiger partial charge on any atom is 0.387 e. The summed E-state index contributed by atoms with van der Waals surface area (Å²) in [4.78, 5) is 23.3. The van der Waals surface area contributed by atoms with E-state index in [-0.39, 0.29) is 23.6 Å². The summed E-state index contributed by atoms with van der Waals surface area (Å²) in [6.07, 6.45) is 0.0159. The van der Waals surface area contributed by atoms with Gasteiger partial charge in [0, 0.05) is 0 Å². The lowest BCUT2D eigenvalue weighted by Crippen LogP contribution is -2.19. The Balaban J connectivity index is 2.01. The van der Waals surface area contributed by atoms with Crippen LogP contribution in [0.3, 0.4) is 0 Å². The number of benzene rings is 2. The van der Waals surface area contributed by atoms with E-state index < -0.39 is 12.5 Å². The predicted octanol–water partition coefficient (Wildman–Crippen LogP) is 2.57. The average molecular weight is 320 g/mol. The largest absolute Gasteiger partial charge is 0.435 e. The Morgan fingerprint density at radius 1 is 1.09 bits per heavy atom. The van der Waals surface area contributed by atoms with Gasteiger partial charge in [0.15, 0.2) is 0 Å². The van der Waals surface area contributed by atoms with Gasteiger partial charge in [-0.05, 0) is 29.8 Å². The second-order valence-electron chi connectivity index (χ2n) is 4.66. The number of nitrogens with one attached hydrogen (secondary N) is 1.